The number of likely N-dealkylation sites (tertiary alicyclic amines) is 1. The number of nitrogens with zero attached hydrogens (tertiary/aromatic N) is 1. The predicted octanol–water partition coefficient (Wildman–Crippen LogP) is 4.01. The SMILES string of the molecule is CCOCC1CCCN(C(=O)C(c2ccc3c(c2)OCCO3)C2CCCC2)C1. The van der Waals surface area contributed by atoms with Crippen LogP contribution in [-0.2, 0) is 9.53 Å². The monoisotopic (exact) mass is 387 g/mol. The van der Waals surface area contributed by atoms with Crippen LogP contribution in [0.1, 0.15) is 56.9 Å². The Hall–Kier alpha value is -1.75. The highest BCUT2D eigenvalue weighted by atomic mass is 16.6. The molecule has 0 N–H and O–H groups in total. The molecule has 2 aliphatic heterocycles. The molecule has 2 heterocycles. The number of carbonyl (C=O) groups excluding carboxylic acids is 1. The number of piperidine rings is 1. The Labute approximate surface area is 168 Å². The van der Waals surface area contributed by atoms with Gasteiger partial charge in [-0.05, 0) is 62.1 Å². The van der Waals surface area contributed by atoms with Gasteiger partial charge in [0.1, 0.15) is 13.2 Å². The van der Waals surface area contributed by atoms with Crippen LogP contribution in [-0.4, -0.2) is 50.3 Å². The molecule has 1 aliphatic carbocycles. The fourth-order valence-corrected chi connectivity index (χ4v) is 5.04. The predicted molar refractivity (Wildman–Crippen MR) is 108 cm³/mol. The van der Waals surface area contributed by atoms with E-state index in [4.69, 9.17) is 14.2 Å². The van der Waals surface area contributed by atoms with Gasteiger partial charge in [0.2, 0.25) is 5.91 Å². The second-order valence-corrected chi connectivity index (χ2v) is 8.38. The van der Waals surface area contributed by atoms with E-state index >= 15 is 0 Å². The molecule has 1 aromatic carbocycles. The first-order chi connectivity index (χ1) is 13.8. The molecule has 0 aromatic heterocycles. The molecule has 2 unspecified atom stereocenters. The molecule has 1 saturated heterocycles. The van der Waals surface area contributed by atoms with Gasteiger partial charge in [0.15, 0.2) is 11.5 Å². The van der Waals surface area contributed by atoms with Crippen molar-refractivity contribution in [1.29, 1.82) is 0 Å². The average molecular weight is 388 g/mol. The van der Waals surface area contributed by atoms with E-state index in [1.165, 1.54) is 12.8 Å². The number of fused-ring (bicyclic) bond motifs is 1. The molecule has 3 aliphatic rings. The molecule has 2 atom stereocenters. The third-order valence-corrected chi connectivity index (χ3v) is 6.45. The molecule has 1 aromatic rings. The minimum absolute atomic E-state index is 0.0656. The van der Waals surface area contributed by atoms with Crippen LogP contribution < -0.4 is 9.47 Å². The van der Waals surface area contributed by atoms with E-state index in [9.17, 15) is 4.79 Å². The highest BCUT2D eigenvalue weighted by Gasteiger charge is 2.37. The molecule has 0 spiro atoms. The highest BCUT2D eigenvalue weighted by Crippen LogP contribution is 2.42. The summed E-state index contributed by atoms with van der Waals surface area (Å²) in [5.74, 6) is 2.70. The third kappa shape index (κ3) is 4.29. The molecule has 154 valence electrons. The summed E-state index contributed by atoms with van der Waals surface area (Å²) < 4.78 is 17.1. The summed E-state index contributed by atoms with van der Waals surface area (Å²) in [6.07, 6.45) is 6.96. The zero-order valence-electron chi connectivity index (χ0n) is 17.0. The summed E-state index contributed by atoms with van der Waals surface area (Å²) >= 11 is 0. The Balaban J connectivity index is 1.55. The van der Waals surface area contributed by atoms with Gasteiger partial charge in [-0.2, -0.15) is 0 Å². The molecule has 5 heteroatoms. The van der Waals surface area contributed by atoms with E-state index < -0.39 is 0 Å². The van der Waals surface area contributed by atoms with Crippen molar-refractivity contribution in [3.8, 4) is 11.5 Å². The van der Waals surface area contributed by atoms with Crippen molar-refractivity contribution in [3.63, 3.8) is 0 Å². The van der Waals surface area contributed by atoms with E-state index in [2.05, 4.69) is 17.0 Å². The Morgan fingerprint density at radius 3 is 2.71 bits per heavy atom. The van der Waals surface area contributed by atoms with Gasteiger partial charge in [-0.3, -0.25) is 4.79 Å². The van der Waals surface area contributed by atoms with Crippen LogP contribution in [0, 0.1) is 11.8 Å². The van der Waals surface area contributed by atoms with Gasteiger partial charge in [-0.25, -0.2) is 0 Å². The molecule has 0 bridgehead atoms. The number of benzene rings is 1. The summed E-state index contributed by atoms with van der Waals surface area (Å²) in [7, 11) is 0. The standard InChI is InChI=1S/C23H33NO4/c1-2-26-16-17-6-5-11-24(15-17)23(25)22(18-7-3-4-8-18)19-9-10-20-21(14-19)28-13-12-27-20/h9-10,14,17-18,22H,2-8,11-13,15-16H2,1H3. The van der Waals surface area contributed by atoms with Gasteiger partial charge in [0.05, 0.1) is 12.5 Å². The van der Waals surface area contributed by atoms with Crippen LogP contribution in [0.4, 0.5) is 0 Å². The molecular weight excluding hydrogens is 354 g/mol. The van der Waals surface area contributed by atoms with Crippen LogP contribution in [0.15, 0.2) is 18.2 Å². The largest absolute Gasteiger partial charge is 0.486 e. The second-order valence-electron chi connectivity index (χ2n) is 8.38. The molecule has 1 amide bonds. The maximum atomic E-state index is 13.7. The van der Waals surface area contributed by atoms with Crippen molar-refractivity contribution < 1.29 is 19.0 Å². The summed E-state index contributed by atoms with van der Waals surface area (Å²) in [6, 6.07) is 6.11. The van der Waals surface area contributed by atoms with Crippen molar-refractivity contribution in [2.24, 2.45) is 11.8 Å². The lowest BCUT2D eigenvalue weighted by molar-refractivity contribution is -0.136. The number of hydrogen-bond donors (Lipinski definition) is 0. The Morgan fingerprint density at radius 1 is 1.14 bits per heavy atom. The summed E-state index contributed by atoms with van der Waals surface area (Å²) in [4.78, 5) is 15.8. The number of rotatable bonds is 6. The molecule has 4 rings (SSSR count). The minimum Gasteiger partial charge on any atom is -0.486 e. The quantitative estimate of drug-likeness (QED) is 0.740. The highest BCUT2D eigenvalue weighted by molar-refractivity contribution is 5.84. The number of hydrogen-bond acceptors (Lipinski definition) is 4. The van der Waals surface area contributed by atoms with Gasteiger partial charge < -0.3 is 19.1 Å². The first-order valence-corrected chi connectivity index (χ1v) is 11.0. The lowest BCUT2D eigenvalue weighted by atomic mass is 9.82. The molecule has 1 saturated carbocycles. The smallest absolute Gasteiger partial charge is 0.230 e. The Morgan fingerprint density at radius 2 is 1.93 bits per heavy atom. The van der Waals surface area contributed by atoms with Crippen LogP contribution in [0.3, 0.4) is 0 Å². The van der Waals surface area contributed by atoms with Gasteiger partial charge >= 0.3 is 0 Å². The zero-order chi connectivity index (χ0) is 19.3. The first kappa shape index (κ1) is 19.6. The normalized spacial score (nSPS) is 23.6. The van der Waals surface area contributed by atoms with E-state index in [-0.39, 0.29) is 5.92 Å². The van der Waals surface area contributed by atoms with E-state index in [1.54, 1.807) is 0 Å². The minimum atomic E-state index is -0.0656. The molecular formula is C23H33NO4. The third-order valence-electron chi connectivity index (χ3n) is 6.45. The average Bonchev–Trinajstić information content (AvgIpc) is 3.27. The molecule has 28 heavy (non-hydrogen) atoms. The summed E-state index contributed by atoms with van der Waals surface area (Å²) in [5, 5.41) is 0. The van der Waals surface area contributed by atoms with Gasteiger partial charge in [0.25, 0.3) is 0 Å². The molecule has 0 radical (unpaired) electrons. The van der Waals surface area contributed by atoms with Crippen LogP contribution in [0.25, 0.3) is 0 Å². The second kappa shape index (κ2) is 9.17. The maximum absolute atomic E-state index is 13.7. The number of carbonyl (C=O) groups is 1. The molecule has 2 fully saturated rings. The molecule has 5 nitrogen and oxygen atoms in total. The Bertz CT molecular complexity index is 671. The number of amides is 1. The van der Waals surface area contributed by atoms with Crippen LogP contribution >= 0.6 is 0 Å². The van der Waals surface area contributed by atoms with Gasteiger partial charge in [-0.15, -0.1) is 0 Å². The van der Waals surface area contributed by atoms with Gasteiger partial charge in [-0.1, -0.05) is 18.9 Å². The first-order valence-electron chi connectivity index (χ1n) is 11.0. The van der Waals surface area contributed by atoms with Crippen LogP contribution in [0.2, 0.25) is 0 Å². The maximum Gasteiger partial charge on any atom is 0.230 e. The van der Waals surface area contributed by atoms with E-state index in [0.717, 1.165) is 69.0 Å². The fourth-order valence-electron chi connectivity index (χ4n) is 5.04. The Kier molecular flexibility index (Phi) is 6.40. The lowest BCUT2D eigenvalue weighted by Crippen LogP contribution is -2.44. The van der Waals surface area contributed by atoms with Crippen molar-refractivity contribution >= 4 is 5.91 Å². The van der Waals surface area contributed by atoms with Gasteiger partial charge in [0, 0.05) is 19.7 Å². The fraction of sp³-hybridized carbons (Fsp3) is 0.696. The van der Waals surface area contributed by atoms with Crippen molar-refractivity contribution in [2.45, 2.75) is 51.4 Å². The topological polar surface area (TPSA) is 48.0 Å². The van der Waals surface area contributed by atoms with Crippen molar-refractivity contribution in [2.75, 3.05) is 39.5 Å². The lowest BCUT2D eigenvalue weighted by Gasteiger charge is -2.36. The van der Waals surface area contributed by atoms with Crippen molar-refractivity contribution in [1.82, 2.24) is 4.90 Å². The summed E-state index contributed by atoms with van der Waals surface area (Å²) in [6.45, 7) is 6.40. The van der Waals surface area contributed by atoms with E-state index in [0.29, 0.717) is 31.0 Å². The van der Waals surface area contributed by atoms with Crippen LogP contribution in [0.5, 0.6) is 11.5 Å². The summed E-state index contributed by atoms with van der Waals surface area (Å²) in [5.41, 5.74) is 1.09. The zero-order valence-corrected chi connectivity index (χ0v) is 17.0. The van der Waals surface area contributed by atoms with Crippen molar-refractivity contribution in [3.05, 3.63) is 23.8 Å². The number of ether oxygens (including phenoxy) is 3. The van der Waals surface area contributed by atoms with E-state index in [1.807, 2.05) is 13.0 Å².